The number of alkyl halides is 6. The average Bonchev–Trinajstić information content (AvgIpc) is 3.58. The van der Waals surface area contributed by atoms with Crippen molar-refractivity contribution in [2.75, 3.05) is 0 Å². The molecule has 4 aromatic rings. The van der Waals surface area contributed by atoms with Gasteiger partial charge in [0.15, 0.2) is 0 Å². The quantitative estimate of drug-likeness (QED) is 0.133. The molecular formula is C31H18F6O6S2. The van der Waals surface area contributed by atoms with E-state index in [1.54, 1.807) is 24.3 Å². The van der Waals surface area contributed by atoms with Gasteiger partial charge in [0.25, 0.3) is 0 Å². The SMILES string of the molecule is O=S(=O)(Oc1ccc2c(c1)[C@H]1c3ccccc3[C@@H]3c4cc(OS(=O)(=O)C(F)(F)F)ccc4[C@H]4c5ccccc5[C@H]2C413)C(F)(F)F. The van der Waals surface area contributed by atoms with E-state index < -0.39 is 60.0 Å². The van der Waals surface area contributed by atoms with Gasteiger partial charge in [-0.2, -0.15) is 43.2 Å². The second-order valence-electron chi connectivity index (χ2n) is 11.5. The summed E-state index contributed by atoms with van der Waals surface area (Å²) in [6.07, 6.45) is 0. The van der Waals surface area contributed by atoms with E-state index in [9.17, 15) is 43.2 Å². The lowest BCUT2D eigenvalue weighted by atomic mass is 9.64. The van der Waals surface area contributed by atoms with Crippen LogP contribution in [-0.4, -0.2) is 27.9 Å². The molecule has 0 fully saturated rings. The number of benzene rings is 4. The molecule has 14 heteroatoms. The predicted molar refractivity (Wildman–Crippen MR) is 147 cm³/mol. The molecule has 4 aliphatic carbocycles. The molecule has 6 nitrogen and oxygen atoms in total. The van der Waals surface area contributed by atoms with E-state index >= 15 is 0 Å². The Bertz CT molecular complexity index is 2020. The summed E-state index contributed by atoms with van der Waals surface area (Å²) in [7, 11) is -11.9. The van der Waals surface area contributed by atoms with E-state index in [1.807, 2.05) is 36.4 Å². The molecule has 4 aromatic carbocycles. The first kappa shape index (κ1) is 28.4. The highest BCUT2D eigenvalue weighted by molar-refractivity contribution is 7.88. The van der Waals surface area contributed by atoms with E-state index in [0.29, 0.717) is 11.1 Å². The Kier molecular flexibility index (Phi) is 5.44. The maximum Gasteiger partial charge on any atom is 0.534 e. The van der Waals surface area contributed by atoms with Gasteiger partial charge in [-0.3, -0.25) is 0 Å². The lowest BCUT2D eigenvalue weighted by Crippen LogP contribution is -2.30. The smallest absolute Gasteiger partial charge is 0.376 e. The number of hydrogen-bond donors (Lipinski definition) is 0. The molecule has 45 heavy (non-hydrogen) atoms. The van der Waals surface area contributed by atoms with E-state index in [0.717, 1.165) is 33.4 Å². The van der Waals surface area contributed by atoms with Crippen LogP contribution in [0.2, 0.25) is 0 Å². The Hall–Kier alpha value is -4.04. The fourth-order valence-electron chi connectivity index (χ4n) is 8.48. The Balaban J connectivity index is 1.37. The molecule has 0 saturated heterocycles. The van der Waals surface area contributed by atoms with Crippen molar-refractivity contribution in [3.63, 3.8) is 0 Å². The summed E-state index contributed by atoms with van der Waals surface area (Å²) in [4.78, 5) is 0. The minimum Gasteiger partial charge on any atom is -0.376 e. The van der Waals surface area contributed by atoms with Crippen molar-refractivity contribution in [3.05, 3.63) is 129 Å². The summed E-state index contributed by atoms with van der Waals surface area (Å²) < 4.78 is 136. The highest BCUT2D eigenvalue weighted by Crippen LogP contribution is 2.83. The largest absolute Gasteiger partial charge is 0.534 e. The second kappa shape index (κ2) is 8.60. The second-order valence-corrected chi connectivity index (χ2v) is 14.6. The summed E-state index contributed by atoms with van der Waals surface area (Å²) in [5.74, 6) is -2.67. The third-order valence-corrected chi connectivity index (χ3v) is 11.5. The van der Waals surface area contributed by atoms with Gasteiger partial charge in [-0.25, -0.2) is 0 Å². The number of halogens is 6. The molecule has 0 heterocycles. The lowest BCUT2D eigenvalue weighted by molar-refractivity contribution is -0.0504. The van der Waals surface area contributed by atoms with Gasteiger partial charge in [-0.05, 0) is 68.8 Å². The van der Waals surface area contributed by atoms with Gasteiger partial charge in [0.2, 0.25) is 0 Å². The zero-order valence-corrected chi connectivity index (χ0v) is 24.1. The Morgan fingerprint density at radius 2 is 0.756 bits per heavy atom. The molecular weight excluding hydrogens is 646 g/mol. The zero-order chi connectivity index (χ0) is 31.9. The molecule has 232 valence electrons. The van der Waals surface area contributed by atoms with Crippen LogP contribution >= 0.6 is 0 Å². The summed E-state index contributed by atoms with van der Waals surface area (Å²) in [5, 5.41) is 0. The van der Waals surface area contributed by atoms with Crippen molar-refractivity contribution in [2.24, 2.45) is 5.41 Å². The third-order valence-electron chi connectivity index (χ3n) is 9.58. The van der Waals surface area contributed by atoms with Gasteiger partial charge in [0.1, 0.15) is 11.5 Å². The van der Waals surface area contributed by atoms with Crippen molar-refractivity contribution < 1.29 is 51.5 Å². The van der Waals surface area contributed by atoms with E-state index in [1.165, 1.54) is 24.3 Å². The van der Waals surface area contributed by atoms with Gasteiger partial charge in [-0.1, -0.05) is 60.7 Å². The first-order valence-electron chi connectivity index (χ1n) is 13.5. The topological polar surface area (TPSA) is 86.7 Å². The van der Waals surface area contributed by atoms with Crippen LogP contribution in [0.15, 0.2) is 84.9 Å². The fraction of sp³-hybridized carbons (Fsp3) is 0.226. The molecule has 0 saturated carbocycles. The first-order chi connectivity index (χ1) is 21.1. The molecule has 0 amide bonds. The Morgan fingerprint density at radius 3 is 1.07 bits per heavy atom. The average molecular weight is 665 g/mol. The Labute approximate surface area is 252 Å². The summed E-state index contributed by atoms with van der Waals surface area (Å²) >= 11 is 0. The molecule has 0 unspecified atom stereocenters. The van der Waals surface area contributed by atoms with Crippen LogP contribution in [0.25, 0.3) is 0 Å². The molecule has 8 rings (SSSR count). The molecule has 0 aliphatic heterocycles. The van der Waals surface area contributed by atoms with Crippen LogP contribution in [0.3, 0.4) is 0 Å². The molecule has 0 bridgehead atoms. The number of hydrogen-bond acceptors (Lipinski definition) is 6. The maximum atomic E-state index is 13.2. The third kappa shape index (κ3) is 3.52. The van der Waals surface area contributed by atoms with Crippen LogP contribution < -0.4 is 8.37 Å². The molecule has 4 aliphatic rings. The molecule has 0 aromatic heterocycles. The predicted octanol–water partition coefficient (Wildman–Crippen LogP) is 7.01. The van der Waals surface area contributed by atoms with Crippen LogP contribution in [0.5, 0.6) is 11.5 Å². The summed E-state index contributed by atoms with van der Waals surface area (Å²) in [6.45, 7) is 0. The Morgan fingerprint density at radius 1 is 0.467 bits per heavy atom. The molecule has 0 N–H and O–H groups in total. The maximum absolute atomic E-state index is 13.2. The normalized spacial score (nSPS) is 25.6. The van der Waals surface area contributed by atoms with Crippen molar-refractivity contribution >= 4 is 20.2 Å². The van der Waals surface area contributed by atoms with E-state index in [2.05, 4.69) is 8.37 Å². The monoisotopic (exact) mass is 664 g/mol. The van der Waals surface area contributed by atoms with Crippen molar-refractivity contribution in [2.45, 2.75) is 34.7 Å². The van der Waals surface area contributed by atoms with Gasteiger partial charge >= 0.3 is 31.3 Å². The van der Waals surface area contributed by atoms with Gasteiger partial charge in [0, 0.05) is 29.1 Å². The van der Waals surface area contributed by atoms with Crippen LogP contribution in [0, 0.1) is 5.41 Å². The van der Waals surface area contributed by atoms with Gasteiger partial charge in [0.05, 0.1) is 0 Å². The molecule has 4 atom stereocenters. The molecule has 0 radical (unpaired) electrons. The standard InChI is InChI=1S/C31H18F6O6S2/c32-30(33,34)44(38,39)42-15-9-11-21-23(13-15)27-19-7-3-4-8-20(19)28-24-14-16(43-45(40,41)31(35,36)37)10-12-22(24)26-18-6-2-1-5-17(18)25(21)29(26,27)28/h1-14,25-28H/t25-,26-,27-,28-,29?/m1/s1. The highest BCUT2D eigenvalue weighted by Gasteiger charge is 2.73. The van der Waals surface area contributed by atoms with Crippen LogP contribution in [0.1, 0.15) is 68.2 Å². The number of fused-ring (bicyclic) bond motifs is 12. The van der Waals surface area contributed by atoms with Crippen molar-refractivity contribution in [3.8, 4) is 11.5 Å². The lowest BCUT2D eigenvalue weighted by Gasteiger charge is -2.37. The highest BCUT2D eigenvalue weighted by atomic mass is 32.2. The summed E-state index contributed by atoms with van der Waals surface area (Å²) in [6, 6.07) is 23.2. The molecule has 1 spiro atoms. The van der Waals surface area contributed by atoms with Gasteiger partial charge < -0.3 is 8.37 Å². The fourth-order valence-corrected chi connectivity index (χ4v) is 9.38. The van der Waals surface area contributed by atoms with Gasteiger partial charge in [-0.15, -0.1) is 0 Å². The van der Waals surface area contributed by atoms with Crippen LogP contribution in [0.4, 0.5) is 26.3 Å². The van der Waals surface area contributed by atoms with E-state index in [-0.39, 0.29) is 11.8 Å². The minimum absolute atomic E-state index is 0.347. The summed E-state index contributed by atoms with van der Waals surface area (Å²) in [5.41, 5.74) is -5.80. The van der Waals surface area contributed by atoms with E-state index in [4.69, 9.17) is 0 Å². The van der Waals surface area contributed by atoms with Crippen molar-refractivity contribution in [1.82, 2.24) is 0 Å². The minimum atomic E-state index is -5.95. The van der Waals surface area contributed by atoms with Crippen molar-refractivity contribution in [1.29, 1.82) is 0 Å². The first-order valence-corrected chi connectivity index (χ1v) is 16.4. The zero-order valence-electron chi connectivity index (χ0n) is 22.4. The van der Waals surface area contributed by atoms with Crippen LogP contribution in [-0.2, 0) is 20.2 Å². The number of rotatable bonds is 4.